The van der Waals surface area contributed by atoms with Crippen molar-refractivity contribution in [1.29, 1.82) is 0 Å². The molecule has 0 fully saturated rings. The summed E-state index contributed by atoms with van der Waals surface area (Å²) in [6.07, 6.45) is 7.95. The molecule has 2 aromatic heterocycles. The summed E-state index contributed by atoms with van der Waals surface area (Å²) in [7, 11) is 0. The lowest BCUT2D eigenvalue weighted by Crippen LogP contribution is -2.31. The average Bonchev–Trinajstić information content (AvgIpc) is 3.95. The molecule has 2 heterocycles. The monoisotopic (exact) mass is 1000 g/mol. The number of hydrogen-bond donors (Lipinski definition) is 0. The maximum absolute atomic E-state index is 2.54. The van der Waals surface area contributed by atoms with Gasteiger partial charge in [0.25, 0.3) is 0 Å². The Bertz CT molecular complexity index is 4960. The highest BCUT2D eigenvalue weighted by Crippen LogP contribution is 2.57. The smallest absolute Gasteiger partial charge is 0.0541 e. The van der Waals surface area contributed by atoms with Crippen molar-refractivity contribution >= 4 is 66.4 Å². The van der Waals surface area contributed by atoms with Crippen molar-refractivity contribution in [2.24, 2.45) is 0 Å². The zero-order valence-corrected chi connectivity index (χ0v) is 43.6. The van der Waals surface area contributed by atoms with E-state index in [1.54, 1.807) is 0 Å². The van der Waals surface area contributed by atoms with Crippen LogP contribution in [0.2, 0.25) is 0 Å². The summed E-state index contributed by atoms with van der Waals surface area (Å²) in [5.74, 6) is 0.295. The molecule has 0 N–H and O–H groups in total. The van der Waals surface area contributed by atoms with E-state index in [4.69, 9.17) is 0 Å². The molecule has 0 bridgehead atoms. The molecule has 1 spiro atoms. The minimum absolute atomic E-state index is 0.141. The first-order valence-electron chi connectivity index (χ1n) is 28.0. The molecule has 79 heavy (non-hydrogen) atoms. The number of nitrogens with zero attached hydrogens (tertiary/aromatic N) is 2. The molecular weight excluding hydrogens is 953 g/mol. The highest BCUT2D eigenvalue weighted by atomic mass is 15.0. The second-order valence-electron chi connectivity index (χ2n) is 22.4. The van der Waals surface area contributed by atoms with E-state index >= 15 is 0 Å². The Morgan fingerprint density at radius 2 is 0.810 bits per heavy atom. The molecule has 14 aromatic rings. The van der Waals surface area contributed by atoms with Crippen LogP contribution in [0, 0.1) is 0 Å². The number of benzene rings is 12. The minimum Gasteiger partial charge on any atom is -0.310 e. The van der Waals surface area contributed by atoms with Crippen LogP contribution in [0.25, 0.3) is 122 Å². The second-order valence-corrected chi connectivity index (χ2v) is 22.4. The maximum atomic E-state index is 2.54. The molecule has 17 rings (SSSR count). The summed E-state index contributed by atoms with van der Waals surface area (Å²) in [5, 5.41) is 11.5. The Labute approximate surface area is 458 Å². The number of hydrogen-bond acceptors (Lipinski definition) is 0. The summed E-state index contributed by atoms with van der Waals surface area (Å²) in [6.45, 7) is 0. The number of para-hydroxylation sites is 2. The van der Waals surface area contributed by atoms with Crippen molar-refractivity contribution in [3.63, 3.8) is 0 Å². The fourth-order valence-electron chi connectivity index (χ4n) is 14.4. The van der Waals surface area contributed by atoms with Crippen LogP contribution in [0.4, 0.5) is 0 Å². The van der Waals surface area contributed by atoms with E-state index in [1.807, 2.05) is 0 Å². The Hall–Kier alpha value is -9.76. The first-order valence-corrected chi connectivity index (χ1v) is 28.0. The lowest BCUT2D eigenvalue weighted by atomic mass is 9.74. The van der Waals surface area contributed by atoms with Gasteiger partial charge in [-0.25, -0.2) is 0 Å². The largest absolute Gasteiger partial charge is 0.310 e. The fraction of sp³-hybridized carbons (Fsp3) is 0.0649. The maximum Gasteiger partial charge on any atom is 0.0541 e. The zero-order valence-electron chi connectivity index (χ0n) is 43.6. The summed E-state index contributed by atoms with van der Waals surface area (Å²) in [4.78, 5) is 0. The van der Waals surface area contributed by atoms with E-state index in [0.717, 1.165) is 19.3 Å². The highest BCUT2D eigenvalue weighted by molar-refractivity contribution is 6.11. The normalized spacial score (nSPS) is 14.9. The number of rotatable bonds is 6. The van der Waals surface area contributed by atoms with Crippen LogP contribution >= 0.6 is 0 Å². The summed E-state index contributed by atoms with van der Waals surface area (Å²) in [5.41, 5.74) is 23.3. The van der Waals surface area contributed by atoms with Gasteiger partial charge in [-0.2, -0.15) is 0 Å². The zero-order chi connectivity index (χ0) is 51.8. The molecule has 0 radical (unpaired) electrons. The van der Waals surface area contributed by atoms with Crippen molar-refractivity contribution in [2.75, 3.05) is 0 Å². The van der Waals surface area contributed by atoms with Crippen LogP contribution in [-0.2, 0) is 18.3 Å². The van der Waals surface area contributed by atoms with E-state index in [0.29, 0.717) is 5.92 Å². The molecular formula is C77H52N2. The van der Waals surface area contributed by atoms with Gasteiger partial charge in [0.1, 0.15) is 0 Å². The van der Waals surface area contributed by atoms with Gasteiger partial charge in [0.15, 0.2) is 0 Å². The van der Waals surface area contributed by atoms with E-state index in [2.05, 4.69) is 282 Å². The van der Waals surface area contributed by atoms with Crippen molar-refractivity contribution in [3.8, 4) is 55.9 Å². The molecule has 3 aliphatic carbocycles. The van der Waals surface area contributed by atoms with Gasteiger partial charge in [0.05, 0.1) is 16.6 Å². The molecule has 0 amide bonds. The van der Waals surface area contributed by atoms with Gasteiger partial charge < -0.3 is 9.13 Å². The van der Waals surface area contributed by atoms with Gasteiger partial charge in [-0.15, -0.1) is 0 Å². The summed E-state index contributed by atoms with van der Waals surface area (Å²) < 4.78 is 4.88. The third-order valence-electron chi connectivity index (χ3n) is 18.2. The average molecular weight is 1010 g/mol. The van der Waals surface area contributed by atoms with Crippen LogP contribution in [0.3, 0.4) is 0 Å². The molecule has 0 saturated carbocycles. The third-order valence-corrected chi connectivity index (χ3v) is 18.2. The Morgan fingerprint density at radius 1 is 0.342 bits per heavy atom. The Balaban J connectivity index is 0.687. The van der Waals surface area contributed by atoms with Crippen LogP contribution < -0.4 is 10.6 Å². The summed E-state index contributed by atoms with van der Waals surface area (Å²) >= 11 is 0. The highest BCUT2D eigenvalue weighted by Gasteiger charge is 2.47. The van der Waals surface area contributed by atoms with E-state index < -0.39 is 0 Å². The van der Waals surface area contributed by atoms with Crippen molar-refractivity contribution in [2.45, 2.75) is 30.6 Å². The molecule has 2 nitrogen and oxygen atoms in total. The molecule has 370 valence electrons. The van der Waals surface area contributed by atoms with Crippen molar-refractivity contribution < 1.29 is 0 Å². The van der Waals surface area contributed by atoms with Gasteiger partial charge in [-0.3, -0.25) is 0 Å². The topological polar surface area (TPSA) is 9.86 Å². The van der Waals surface area contributed by atoms with Crippen LogP contribution in [0.15, 0.2) is 261 Å². The summed E-state index contributed by atoms with van der Waals surface area (Å²) in [6, 6.07) is 98.1. The van der Waals surface area contributed by atoms with Crippen LogP contribution in [-0.4, -0.2) is 9.13 Å². The van der Waals surface area contributed by atoms with Crippen molar-refractivity contribution in [3.05, 3.63) is 299 Å². The van der Waals surface area contributed by atoms with Crippen LogP contribution in [0.5, 0.6) is 0 Å². The van der Waals surface area contributed by atoms with E-state index in [9.17, 15) is 0 Å². The van der Waals surface area contributed by atoms with Gasteiger partial charge in [-0.1, -0.05) is 212 Å². The van der Waals surface area contributed by atoms with Crippen molar-refractivity contribution in [1.82, 2.24) is 9.13 Å². The Kier molecular flexibility index (Phi) is 9.62. The number of aromatic nitrogens is 2. The lowest BCUT2D eigenvalue weighted by Gasteiger charge is -2.27. The molecule has 12 aromatic carbocycles. The predicted molar refractivity (Wildman–Crippen MR) is 331 cm³/mol. The molecule has 0 aliphatic heterocycles. The molecule has 3 aliphatic rings. The molecule has 0 saturated heterocycles. The third kappa shape index (κ3) is 6.84. The minimum atomic E-state index is -0.141. The SMILES string of the molecule is C1=c2c(n(-c3ccc4ccccc4c3)c3ccccc23)=CCC1c1ccc(-c2ccc3c(c2)C2(Cc4ccccc4C2)c2cc(-c4ccc(-c5ccc6c(c5)c5ccccc5n6-c5ccc6ccccc6c5)cc4)ccc2-3)cc1. The Morgan fingerprint density at radius 3 is 1.43 bits per heavy atom. The standard InChI is InChI=1S/C77H52N2/c1-3-13-55-41-63(35-29-49(55)11-1)78-73-19-9-7-17-67(73)69-43-57(33-39-75(69)78)51-21-25-53(26-22-51)59-31-37-65-66-38-32-60(46-72(66)77(71(65)45-59)47-61-15-5-6-16-62(61)48-77)54-27-23-52(24-28-54)58-34-40-76-70(44-58)68-18-8-10-20-74(68)79(76)64-36-30-50-12-2-4-14-56(50)42-64/h1-33,35-46,58H,34,47-48H2. The molecule has 2 heteroatoms. The van der Waals surface area contributed by atoms with E-state index in [-0.39, 0.29) is 5.41 Å². The lowest BCUT2D eigenvalue weighted by molar-refractivity contribution is 0.564. The molecule has 1 unspecified atom stereocenters. The fourth-order valence-corrected chi connectivity index (χ4v) is 14.4. The first kappa shape index (κ1) is 44.4. The van der Waals surface area contributed by atoms with Gasteiger partial charge in [-0.05, 0) is 174 Å². The predicted octanol–water partition coefficient (Wildman–Crippen LogP) is 17.8. The van der Waals surface area contributed by atoms with E-state index in [1.165, 1.54) is 149 Å². The van der Waals surface area contributed by atoms with Gasteiger partial charge >= 0.3 is 0 Å². The quantitative estimate of drug-likeness (QED) is 0.157. The number of fused-ring (bicyclic) bond motifs is 14. The molecule has 1 atom stereocenters. The van der Waals surface area contributed by atoms with Gasteiger partial charge in [0, 0.05) is 49.4 Å². The van der Waals surface area contributed by atoms with Gasteiger partial charge in [0.2, 0.25) is 0 Å². The first-order chi connectivity index (χ1) is 39.1. The van der Waals surface area contributed by atoms with Crippen LogP contribution in [0.1, 0.15) is 40.2 Å². The second kappa shape index (κ2) is 17.1.